The molecule has 5 nitrogen and oxygen atoms in total. The lowest BCUT2D eigenvalue weighted by Gasteiger charge is -2.37. The van der Waals surface area contributed by atoms with Crippen LogP contribution in [-0.2, 0) is 11.2 Å². The number of hydrogen-bond acceptors (Lipinski definition) is 4. The molecule has 1 aliphatic heterocycles. The number of morpholine rings is 1. The van der Waals surface area contributed by atoms with E-state index in [0.717, 1.165) is 12.1 Å². The number of rotatable bonds is 9. The SMILES string of the molecule is CC(C)CN(C[C@H]1CN(C[C@H](O)Cc2ccccc2)CCO1)C(=O)c1cccc(F)c1. The largest absolute Gasteiger partial charge is 0.391 e. The Kier molecular flexibility index (Phi) is 8.58. The van der Waals surface area contributed by atoms with Gasteiger partial charge in [-0.25, -0.2) is 4.39 Å². The number of β-amino-alcohol motifs (C(OH)–C–C–N with tert-alkyl or cyclic N) is 1. The van der Waals surface area contributed by atoms with Crippen LogP contribution in [0.2, 0.25) is 0 Å². The Balaban J connectivity index is 1.58. The minimum absolute atomic E-state index is 0.145. The van der Waals surface area contributed by atoms with E-state index < -0.39 is 11.9 Å². The van der Waals surface area contributed by atoms with Crippen LogP contribution in [0.5, 0.6) is 0 Å². The Morgan fingerprint density at radius 1 is 1.23 bits per heavy atom. The van der Waals surface area contributed by atoms with Crippen molar-refractivity contribution in [2.24, 2.45) is 5.92 Å². The van der Waals surface area contributed by atoms with Crippen molar-refractivity contribution < 1.29 is 19.0 Å². The van der Waals surface area contributed by atoms with E-state index in [1.54, 1.807) is 17.0 Å². The fourth-order valence-corrected chi connectivity index (χ4v) is 4.04. The molecule has 0 aromatic heterocycles. The molecule has 1 aliphatic rings. The summed E-state index contributed by atoms with van der Waals surface area (Å²) < 4.78 is 19.6. The van der Waals surface area contributed by atoms with E-state index in [0.29, 0.717) is 44.8 Å². The molecule has 3 rings (SSSR count). The monoisotopic (exact) mass is 428 g/mol. The molecule has 168 valence electrons. The van der Waals surface area contributed by atoms with E-state index in [1.165, 1.54) is 12.1 Å². The fraction of sp³-hybridized carbons (Fsp3) is 0.480. The first kappa shape index (κ1) is 23.4. The van der Waals surface area contributed by atoms with E-state index in [1.807, 2.05) is 30.3 Å². The lowest BCUT2D eigenvalue weighted by Crippen LogP contribution is -2.51. The summed E-state index contributed by atoms with van der Waals surface area (Å²) in [5.41, 5.74) is 1.47. The summed E-state index contributed by atoms with van der Waals surface area (Å²) in [5.74, 6) is -0.314. The highest BCUT2D eigenvalue weighted by Crippen LogP contribution is 2.14. The van der Waals surface area contributed by atoms with Crippen molar-refractivity contribution in [1.29, 1.82) is 0 Å². The molecule has 0 saturated carbocycles. The van der Waals surface area contributed by atoms with E-state index in [-0.39, 0.29) is 17.9 Å². The summed E-state index contributed by atoms with van der Waals surface area (Å²) in [4.78, 5) is 17.0. The standard InChI is InChI=1S/C25H33FN2O3/c1-19(2)15-28(25(30)21-9-6-10-22(26)14-21)18-24-17-27(11-12-31-24)16-23(29)13-20-7-4-3-5-8-20/h3-10,14,19,23-24,29H,11-13,15-18H2,1-2H3/t23-,24-/m1/s1. The molecule has 2 aromatic rings. The van der Waals surface area contributed by atoms with Gasteiger partial charge in [0.15, 0.2) is 0 Å². The zero-order chi connectivity index (χ0) is 22.2. The van der Waals surface area contributed by atoms with Gasteiger partial charge >= 0.3 is 0 Å². The number of aliphatic hydroxyl groups is 1. The van der Waals surface area contributed by atoms with Crippen molar-refractivity contribution in [1.82, 2.24) is 9.80 Å². The number of aliphatic hydroxyl groups excluding tert-OH is 1. The molecule has 0 unspecified atom stereocenters. The van der Waals surface area contributed by atoms with Crippen LogP contribution in [0.1, 0.15) is 29.8 Å². The highest BCUT2D eigenvalue weighted by atomic mass is 19.1. The third-order valence-corrected chi connectivity index (χ3v) is 5.37. The van der Waals surface area contributed by atoms with E-state index in [4.69, 9.17) is 4.74 Å². The molecule has 6 heteroatoms. The Morgan fingerprint density at radius 2 is 2.00 bits per heavy atom. The lowest BCUT2D eigenvalue weighted by molar-refractivity contribution is -0.0510. The maximum atomic E-state index is 13.6. The van der Waals surface area contributed by atoms with Crippen molar-refractivity contribution in [2.75, 3.05) is 39.3 Å². The van der Waals surface area contributed by atoms with Crippen molar-refractivity contribution in [3.63, 3.8) is 0 Å². The molecule has 1 amide bonds. The van der Waals surface area contributed by atoms with Crippen LogP contribution >= 0.6 is 0 Å². The summed E-state index contributed by atoms with van der Waals surface area (Å²) in [5, 5.41) is 10.5. The zero-order valence-corrected chi connectivity index (χ0v) is 18.4. The summed E-state index contributed by atoms with van der Waals surface area (Å²) in [6.45, 7) is 7.66. The van der Waals surface area contributed by atoms with Crippen LogP contribution in [0.4, 0.5) is 4.39 Å². The number of hydrogen-bond donors (Lipinski definition) is 1. The molecule has 2 aromatic carbocycles. The summed E-state index contributed by atoms with van der Waals surface area (Å²) >= 11 is 0. The Hall–Kier alpha value is -2.28. The van der Waals surface area contributed by atoms with Crippen molar-refractivity contribution in [3.05, 3.63) is 71.5 Å². The van der Waals surface area contributed by atoms with Gasteiger partial charge in [0, 0.05) is 38.3 Å². The van der Waals surface area contributed by atoms with Gasteiger partial charge in [0.2, 0.25) is 0 Å². The van der Waals surface area contributed by atoms with Gasteiger partial charge in [-0.1, -0.05) is 50.2 Å². The van der Waals surface area contributed by atoms with Gasteiger partial charge in [-0.3, -0.25) is 9.69 Å². The van der Waals surface area contributed by atoms with Gasteiger partial charge < -0.3 is 14.7 Å². The number of benzene rings is 2. The van der Waals surface area contributed by atoms with Crippen LogP contribution in [0.15, 0.2) is 54.6 Å². The van der Waals surface area contributed by atoms with Gasteiger partial charge in [-0.05, 0) is 36.1 Å². The second-order valence-electron chi connectivity index (χ2n) is 8.71. The average molecular weight is 429 g/mol. The molecule has 1 heterocycles. The highest BCUT2D eigenvalue weighted by molar-refractivity contribution is 5.94. The van der Waals surface area contributed by atoms with Gasteiger partial charge in [0.25, 0.3) is 5.91 Å². The predicted octanol–water partition coefficient (Wildman–Crippen LogP) is 3.23. The molecule has 1 saturated heterocycles. The molecule has 0 radical (unpaired) electrons. The smallest absolute Gasteiger partial charge is 0.254 e. The molecule has 0 bridgehead atoms. The van der Waals surface area contributed by atoms with E-state index in [2.05, 4.69) is 18.7 Å². The molecule has 31 heavy (non-hydrogen) atoms. The molecule has 1 N–H and O–H groups in total. The predicted molar refractivity (Wildman–Crippen MR) is 119 cm³/mol. The molecule has 0 aliphatic carbocycles. The molecule has 1 fully saturated rings. The first-order chi connectivity index (χ1) is 14.9. The lowest BCUT2D eigenvalue weighted by atomic mass is 10.1. The summed E-state index contributed by atoms with van der Waals surface area (Å²) in [6, 6.07) is 15.8. The van der Waals surface area contributed by atoms with Gasteiger partial charge in [0.05, 0.1) is 18.8 Å². The quantitative estimate of drug-likeness (QED) is 0.666. The maximum absolute atomic E-state index is 13.6. The Bertz CT molecular complexity index is 831. The second kappa shape index (κ2) is 11.4. The van der Waals surface area contributed by atoms with Crippen molar-refractivity contribution in [2.45, 2.75) is 32.5 Å². The number of carbonyl (C=O) groups excluding carboxylic acids is 1. The number of nitrogens with zero attached hydrogens (tertiary/aromatic N) is 2. The molecule has 2 atom stereocenters. The van der Waals surface area contributed by atoms with E-state index >= 15 is 0 Å². The summed E-state index contributed by atoms with van der Waals surface area (Å²) in [7, 11) is 0. The first-order valence-electron chi connectivity index (χ1n) is 11.0. The van der Waals surface area contributed by atoms with Crippen LogP contribution in [0, 0.1) is 11.7 Å². The van der Waals surface area contributed by atoms with Gasteiger partial charge in [-0.15, -0.1) is 0 Å². The molecular weight excluding hydrogens is 395 g/mol. The zero-order valence-electron chi connectivity index (χ0n) is 18.4. The molecule has 0 spiro atoms. The Morgan fingerprint density at radius 3 is 2.71 bits per heavy atom. The number of ether oxygens (including phenoxy) is 1. The number of amides is 1. The molecular formula is C25H33FN2O3. The van der Waals surface area contributed by atoms with E-state index in [9.17, 15) is 14.3 Å². The van der Waals surface area contributed by atoms with Gasteiger partial charge in [-0.2, -0.15) is 0 Å². The fourth-order valence-electron chi connectivity index (χ4n) is 4.04. The second-order valence-corrected chi connectivity index (χ2v) is 8.71. The van der Waals surface area contributed by atoms with Crippen molar-refractivity contribution >= 4 is 5.91 Å². The summed E-state index contributed by atoms with van der Waals surface area (Å²) in [6.07, 6.45) is 0.0104. The maximum Gasteiger partial charge on any atom is 0.254 e. The minimum atomic E-state index is -0.457. The van der Waals surface area contributed by atoms with Crippen LogP contribution in [0.3, 0.4) is 0 Å². The van der Waals surface area contributed by atoms with Crippen LogP contribution in [-0.4, -0.2) is 72.4 Å². The minimum Gasteiger partial charge on any atom is -0.391 e. The Labute approximate surface area is 184 Å². The highest BCUT2D eigenvalue weighted by Gasteiger charge is 2.27. The number of halogens is 1. The normalized spacial score (nSPS) is 18.2. The third kappa shape index (κ3) is 7.42. The third-order valence-electron chi connectivity index (χ3n) is 5.37. The number of carbonyl (C=O) groups is 1. The van der Waals surface area contributed by atoms with Crippen LogP contribution in [0.25, 0.3) is 0 Å². The van der Waals surface area contributed by atoms with Gasteiger partial charge in [0.1, 0.15) is 5.82 Å². The van der Waals surface area contributed by atoms with Crippen molar-refractivity contribution in [3.8, 4) is 0 Å². The first-order valence-corrected chi connectivity index (χ1v) is 11.0. The average Bonchev–Trinajstić information content (AvgIpc) is 2.73. The van der Waals surface area contributed by atoms with Crippen LogP contribution < -0.4 is 0 Å². The topological polar surface area (TPSA) is 53.0 Å².